The second-order valence-electron chi connectivity index (χ2n) is 5.49. The van der Waals surface area contributed by atoms with Crippen molar-refractivity contribution in [1.82, 2.24) is 5.32 Å². The fourth-order valence-electron chi connectivity index (χ4n) is 2.07. The molecule has 3 N–H and O–H groups in total. The number of carbonyl (C=O) groups excluding carboxylic acids is 2. The molecule has 0 atom stereocenters. The molecule has 0 aromatic heterocycles. The Bertz CT molecular complexity index is 785. The van der Waals surface area contributed by atoms with Crippen LogP contribution >= 0.6 is 12.2 Å². The highest BCUT2D eigenvalue weighted by Gasteiger charge is 2.08. The lowest BCUT2D eigenvalue weighted by Crippen LogP contribution is -2.34. The van der Waals surface area contributed by atoms with Gasteiger partial charge in [-0.3, -0.25) is 14.9 Å². The summed E-state index contributed by atoms with van der Waals surface area (Å²) in [5.41, 5.74) is 3.93. The lowest BCUT2D eigenvalue weighted by molar-refractivity contribution is -0.114. The summed E-state index contributed by atoms with van der Waals surface area (Å²) in [7, 11) is 0. The molecular formula is C18H19N3O2S. The van der Waals surface area contributed by atoms with E-state index in [1.54, 1.807) is 18.2 Å². The van der Waals surface area contributed by atoms with Crippen LogP contribution in [0.5, 0.6) is 0 Å². The molecule has 6 heteroatoms. The third-order valence-electron chi connectivity index (χ3n) is 3.35. The predicted octanol–water partition coefficient (Wildman–Crippen LogP) is 3.39. The van der Waals surface area contributed by atoms with E-state index < -0.39 is 0 Å². The molecule has 0 radical (unpaired) electrons. The Morgan fingerprint density at radius 1 is 0.958 bits per heavy atom. The molecule has 2 amide bonds. The van der Waals surface area contributed by atoms with Crippen LogP contribution < -0.4 is 16.0 Å². The molecule has 0 heterocycles. The molecule has 24 heavy (non-hydrogen) atoms. The van der Waals surface area contributed by atoms with Gasteiger partial charge < -0.3 is 10.6 Å². The van der Waals surface area contributed by atoms with Gasteiger partial charge in [0.15, 0.2) is 5.11 Å². The van der Waals surface area contributed by atoms with Gasteiger partial charge in [0.2, 0.25) is 5.91 Å². The summed E-state index contributed by atoms with van der Waals surface area (Å²) in [5.74, 6) is -0.424. The maximum Gasteiger partial charge on any atom is 0.257 e. The summed E-state index contributed by atoms with van der Waals surface area (Å²) in [6.45, 7) is 5.30. The van der Waals surface area contributed by atoms with Crippen LogP contribution in [0.4, 0.5) is 11.4 Å². The first-order valence-corrected chi connectivity index (χ1v) is 7.83. The van der Waals surface area contributed by atoms with Gasteiger partial charge in [-0.25, -0.2) is 0 Å². The molecule has 124 valence electrons. The molecule has 0 aliphatic carbocycles. The molecule has 0 spiro atoms. The molecule has 2 rings (SSSR count). The van der Waals surface area contributed by atoms with Crippen LogP contribution in [0.2, 0.25) is 0 Å². The SMILES string of the molecule is CC(=O)Nc1cc(NC(=S)NC(=O)c2ccc(C)cc2)ccc1C. The number of rotatable bonds is 3. The Morgan fingerprint density at radius 3 is 2.25 bits per heavy atom. The largest absolute Gasteiger partial charge is 0.332 e. The molecule has 0 unspecified atom stereocenters. The monoisotopic (exact) mass is 341 g/mol. The van der Waals surface area contributed by atoms with E-state index in [9.17, 15) is 9.59 Å². The van der Waals surface area contributed by atoms with Crippen molar-refractivity contribution < 1.29 is 9.59 Å². The summed E-state index contributed by atoms with van der Waals surface area (Å²) < 4.78 is 0. The number of nitrogens with one attached hydrogen (secondary N) is 3. The van der Waals surface area contributed by atoms with Gasteiger partial charge in [0.1, 0.15) is 0 Å². The standard InChI is InChI=1S/C18H19N3O2S/c1-11-4-7-14(8-5-11)17(23)21-18(24)20-15-9-6-12(2)16(10-15)19-13(3)22/h4-10H,1-3H3,(H,19,22)(H2,20,21,23,24). The van der Waals surface area contributed by atoms with Crippen molar-refractivity contribution in [2.45, 2.75) is 20.8 Å². The van der Waals surface area contributed by atoms with Crippen molar-refractivity contribution in [2.75, 3.05) is 10.6 Å². The minimum absolute atomic E-state index is 0.148. The molecule has 2 aromatic carbocycles. The van der Waals surface area contributed by atoms with Gasteiger partial charge in [0, 0.05) is 23.9 Å². The van der Waals surface area contributed by atoms with Crippen molar-refractivity contribution in [2.24, 2.45) is 0 Å². The first-order valence-electron chi connectivity index (χ1n) is 7.42. The third-order valence-corrected chi connectivity index (χ3v) is 3.55. The number of anilines is 2. The Labute approximate surface area is 146 Å². The van der Waals surface area contributed by atoms with Crippen LogP contribution in [-0.2, 0) is 4.79 Å². The summed E-state index contributed by atoms with van der Waals surface area (Å²) in [4.78, 5) is 23.3. The highest BCUT2D eigenvalue weighted by Crippen LogP contribution is 2.20. The maximum atomic E-state index is 12.1. The Hall–Kier alpha value is -2.73. The number of benzene rings is 2. The Kier molecular flexibility index (Phi) is 5.65. The fourth-order valence-corrected chi connectivity index (χ4v) is 2.28. The predicted molar refractivity (Wildman–Crippen MR) is 100 cm³/mol. The van der Waals surface area contributed by atoms with Crippen molar-refractivity contribution in [3.8, 4) is 0 Å². The summed E-state index contributed by atoms with van der Waals surface area (Å²) in [5, 5.41) is 8.52. The zero-order chi connectivity index (χ0) is 17.7. The van der Waals surface area contributed by atoms with E-state index in [0.29, 0.717) is 16.9 Å². The number of aryl methyl sites for hydroxylation is 2. The molecular weight excluding hydrogens is 322 g/mol. The van der Waals surface area contributed by atoms with Crippen LogP contribution in [0.15, 0.2) is 42.5 Å². The smallest absolute Gasteiger partial charge is 0.257 e. The number of hydrogen-bond acceptors (Lipinski definition) is 3. The lowest BCUT2D eigenvalue weighted by Gasteiger charge is -2.12. The number of carbonyl (C=O) groups is 2. The van der Waals surface area contributed by atoms with Crippen LogP contribution in [0, 0.1) is 13.8 Å². The fraction of sp³-hybridized carbons (Fsp3) is 0.167. The topological polar surface area (TPSA) is 70.2 Å². The number of hydrogen-bond donors (Lipinski definition) is 3. The number of amides is 2. The molecule has 0 saturated carbocycles. The Morgan fingerprint density at radius 2 is 1.62 bits per heavy atom. The second-order valence-corrected chi connectivity index (χ2v) is 5.89. The zero-order valence-electron chi connectivity index (χ0n) is 13.8. The second kappa shape index (κ2) is 7.70. The van der Waals surface area contributed by atoms with Crippen LogP contribution in [0.3, 0.4) is 0 Å². The minimum atomic E-state index is -0.276. The molecule has 0 fully saturated rings. The van der Waals surface area contributed by atoms with Gasteiger partial charge in [-0.05, 0) is 55.9 Å². The quantitative estimate of drug-likeness (QED) is 0.749. The van der Waals surface area contributed by atoms with E-state index in [2.05, 4.69) is 16.0 Å². The van der Waals surface area contributed by atoms with Crippen LogP contribution in [-0.4, -0.2) is 16.9 Å². The van der Waals surface area contributed by atoms with E-state index in [1.165, 1.54) is 6.92 Å². The summed E-state index contributed by atoms with van der Waals surface area (Å²) in [6, 6.07) is 12.7. The van der Waals surface area contributed by atoms with E-state index in [-0.39, 0.29) is 16.9 Å². The van der Waals surface area contributed by atoms with Crippen LogP contribution in [0.1, 0.15) is 28.4 Å². The molecule has 0 saturated heterocycles. The summed E-state index contributed by atoms with van der Waals surface area (Å²) in [6.07, 6.45) is 0. The van der Waals surface area contributed by atoms with Crippen molar-refractivity contribution in [3.05, 3.63) is 59.2 Å². The molecule has 0 bridgehead atoms. The average Bonchev–Trinajstić information content (AvgIpc) is 2.50. The van der Waals surface area contributed by atoms with Gasteiger partial charge in [-0.2, -0.15) is 0 Å². The lowest BCUT2D eigenvalue weighted by atomic mass is 10.1. The van der Waals surface area contributed by atoms with Gasteiger partial charge in [0.25, 0.3) is 5.91 Å². The Balaban J connectivity index is 2.03. The number of thiocarbonyl (C=S) groups is 1. The van der Waals surface area contributed by atoms with E-state index in [0.717, 1.165) is 11.1 Å². The van der Waals surface area contributed by atoms with E-state index in [4.69, 9.17) is 12.2 Å². The molecule has 2 aromatic rings. The van der Waals surface area contributed by atoms with E-state index >= 15 is 0 Å². The van der Waals surface area contributed by atoms with Gasteiger partial charge in [0.05, 0.1) is 0 Å². The minimum Gasteiger partial charge on any atom is -0.332 e. The van der Waals surface area contributed by atoms with Gasteiger partial charge >= 0.3 is 0 Å². The average molecular weight is 341 g/mol. The first kappa shape index (κ1) is 17.6. The third kappa shape index (κ3) is 4.89. The van der Waals surface area contributed by atoms with Gasteiger partial charge in [-0.15, -0.1) is 0 Å². The maximum absolute atomic E-state index is 12.1. The molecule has 0 aliphatic rings. The first-order chi connectivity index (χ1) is 11.3. The van der Waals surface area contributed by atoms with Crippen LogP contribution in [0.25, 0.3) is 0 Å². The summed E-state index contributed by atoms with van der Waals surface area (Å²) >= 11 is 5.17. The molecule has 5 nitrogen and oxygen atoms in total. The normalized spacial score (nSPS) is 9.96. The van der Waals surface area contributed by atoms with E-state index in [1.807, 2.05) is 38.1 Å². The highest BCUT2D eigenvalue weighted by molar-refractivity contribution is 7.80. The molecule has 0 aliphatic heterocycles. The van der Waals surface area contributed by atoms with Crippen molar-refractivity contribution in [3.63, 3.8) is 0 Å². The van der Waals surface area contributed by atoms with Crippen molar-refractivity contribution >= 4 is 40.5 Å². The highest BCUT2D eigenvalue weighted by atomic mass is 32.1. The van der Waals surface area contributed by atoms with Crippen molar-refractivity contribution in [1.29, 1.82) is 0 Å². The van der Waals surface area contributed by atoms with Gasteiger partial charge in [-0.1, -0.05) is 23.8 Å². The zero-order valence-corrected chi connectivity index (χ0v) is 14.6.